The van der Waals surface area contributed by atoms with Gasteiger partial charge in [0.25, 0.3) is 0 Å². The molecule has 2 N–H and O–H groups in total. The third kappa shape index (κ3) is 3.19. The number of hydrogen-bond acceptors (Lipinski definition) is 4. The lowest BCUT2D eigenvalue weighted by Gasteiger charge is -2.16. The van der Waals surface area contributed by atoms with Crippen molar-refractivity contribution >= 4 is 34.0 Å². The Kier molecular flexibility index (Phi) is 5.18. The number of hydrogen-bond donors (Lipinski definition) is 1. The lowest BCUT2D eigenvalue weighted by molar-refractivity contribution is 0.472. The molecule has 0 amide bonds. The molecule has 1 saturated heterocycles. The fraction of sp³-hybridized carbons (Fsp3) is 0.364. The van der Waals surface area contributed by atoms with Crippen LogP contribution < -0.4 is 5.73 Å². The molecule has 19 heavy (non-hydrogen) atoms. The Morgan fingerprint density at radius 2 is 2.16 bits per heavy atom. The van der Waals surface area contributed by atoms with Gasteiger partial charge < -0.3 is 5.73 Å². The standard InChI is InChI=1S/C11H12ClN3O2S.ClH/c12-10-5-8(6-13)1-2-11(10)18(16,17)15-4-3-9(14)7-15;/h1-2,5,9H,3-4,7,14H2;1H. The minimum Gasteiger partial charge on any atom is -0.326 e. The van der Waals surface area contributed by atoms with Crippen molar-refractivity contribution in [3.8, 4) is 6.07 Å². The van der Waals surface area contributed by atoms with Crippen LogP contribution in [0, 0.1) is 11.3 Å². The molecule has 1 aromatic rings. The van der Waals surface area contributed by atoms with E-state index in [0.717, 1.165) is 0 Å². The fourth-order valence-electron chi connectivity index (χ4n) is 1.89. The summed E-state index contributed by atoms with van der Waals surface area (Å²) in [5.74, 6) is 0. The summed E-state index contributed by atoms with van der Waals surface area (Å²) in [6.45, 7) is 0.707. The lowest BCUT2D eigenvalue weighted by atomic mass is 10.2. The van der Waals surface area contributed by atoms with Crippen molar-refractivity contribution in [3.05, 3.63) is 28.8 Å². The molecule has 2 rings (SSSR count). The minimum atomic E-state index is -3.62. The Labute approximate surface area is 123 Å². The van der Waals surface area contributed by atoms with Gasteiger partial charge in [0, 0.05) is 19.1 Å². The molecular weight excluding hydrogens is 309 g/mol. The smallest absolute Gasteiger partial charge is 0.244 e. The maximum atomic E-state index is 12.3. The van der Waals surface area contributed by atoms with E-state index in [1.165, 1.54) is 22.5 Å². The van der Waals surface area contributed by atoms with Gasteiger partial charge in [0.2, 0.25) is 10.0 Å². The summed E-state index contributed by atoms with van der Waals surface area (Å²) >= 11 is 5.92. The molecule has 0 saturated carbocycles. The Morgan fingerprint density at radius 1 is 1.47 bits per heavy atom. The Morgan fingerprint density at radius 3 is 2.63 bits per heavy atom. The van der Waals surface area contributed by atoms with E-state index in [-0.39, 0.29) is 28.4 Å². The summed E-state index contributed by atoms with van der Waals surface area (Å²) in [7, 11) is -3.62. The summed E-state index contributed by atoms with van der Waals surface area (Å²) in [6.07, 6.45) is 0.646. The van der Waals surface area contributed by atoms with E-state index in [1.807, 2.05) is 6.07 Å². The monoisotopic (exact) mass is 321 g/mol. The van der Waals surface area contributed by atoms with E-state index in [9.17, 15) is 8.42 Å². The van der Waals surface area contributed by atoms with Crippen LogP contribution in [-0.4, -0.2) is 31.9 Å². The van der Waals surface area contributed by atoms with Gasteiger partial charge in [-0.15, -0.1) is 12.4 Å². The molecule has 1 aliphatic heterocycles. The second-order valence-corrected chi connectivity index (χ2v) is 6.48. The van der Waals surface area contributed by atoms with E-state index < -0.39 is 10.0 Å². The average Bonchev–Trinajstić information content (AvgIpc) is 2.76. The zero-order chi connectivity index (χ0) is 13.3. The van der Waals surface area contributed by atoms with Gasteiger partial charge in [0.05, 0.1) is 16.7 Å². The predicted octanol–water partition coefficient (Wildman–Crippen LogP) is 1.36. The molecule has 1 aromatic carbocycles. The van der Waals surface area contributed by atoms with Gasteiger partial charge >= 0.3 is 0 Å². The van der Waals surface area contributed by atoms with Crippen LogP contribution in [0.25, 0.3) is 0 Å². The molecule has 0 aliphatic carbocycles. The number of nitriles is 1. The predicted molar refractivity (Wildman–Crippen MR) is 74.8 cm³/mol. The van der Waals surface area contributed by atoms with Gasteiger partial charge in [-0.2, -0.15) is 9.57 Å². The average molecular weight is 322 g/mol. The molecule has 5 nitrogen and oxygen atoms in total. The van der Waals surface area contributed by atoms with Crippen LogP contribution in [-0.2, 0) is 10.0 Å². The number of sulfonamides is 1. The van der Waals surface area contributed by atoms with Crippen molar-refractivity contribution in [2.24, 2.45) is 5.73 Å². The van der Waals surface area contributed by atoms with Gasteiger partial charge in [-0.25, -0.2) is 8.42 Å². The lowest BCUT2D eigenvalue weighted by Crippen LogP contribution is -2.32. The first-order chi connectivity index (χ1) is 8.45. The Hall–Kier alpha value is -0.840. The van der Waals surface area contributed by atoms with Crippen molar-refractivity contribution < 1.29 is 8.42 Å². The SMILES string of the molecule is Cl.N#Cc1ccc(S(=O)(=O)N2CCC(N)C2)c(Cl)c1. The highest BCUT2D eigenvalue weighted by atomic mass is 35.5. The maximum Gasteiger partial charge on any atom is 0.244 e. The molecule has 8 heteroatoms. The maximum absolute atomic E-state index is 12.3. The highest BCUT2D eigenvalue weighted by molar-refractivity contribution is 7.89. The molecular formula is C11H13Cl2N3O2S. The highest BCUT2D eigenvalue weighted by Gasteiger charge is 2.32. The second-order valence-electron chi connectivity index (χ2n) is 4.17. The molecule has 0 bridgehead atoms. The van der Waals surface area contributed by atoms with E-state index in [2.05, 4.69) is 0 Å². The summed E-state index contributed by atoms with van der Waals surface area (Å²) in [4.78, 5) is 0.0252. The molecule has 1 unspecified atom stereocenters. The minimum absolute atomic E-state index is 0. The summed E-state index contributed by atoms with van der Waals surface area (Å²) in [6, 6.07) is 5.93. The van der Waals surface area contributed by atoms with Crippen LogP contribution in [0.2, 0.25) is 5.02 Å². The summed E-state index contributed by atoms with van der Waals surface area (Å²) in [5, 5.41) is 8.78. The third-order valence-corrected chi connectivity index (χ3v) is 5.21. The fourth-order valence-corrected chi connectivity index (χ4v) is 3.92. The van der Waals surface area contributed by atoms with E-state index >= 15 is 0 Å². The molecule has 1 aliphatic rings. The third-order valence-electron chi connectivity index (χ3n) is 2.87. The first-order valence-corrected chi connectivity index (χ1v) is 7.22. The van der Waals surface area contributed by atoms with Gasteiger partial charge in [-0.3, -0.25) is 0 Å². The van der Waals surface area contributed by atoms with E-state index in [1.54, 1.807) is 0 Å². The summed E-state index contributed by atoms with van der Waals surface area (Å²) in [5.41, 5.74) is 6.03. The molecule has 1 atom stereocenters. The van der Waals surface area contributed by atoms with Gasteiger partial charge in [0.1, 0.15) is 4.90 Å². The topological polar surface area (TPSA) is 87.2 Å². The van der Waals surface area contributed by atoms with Crippen molar-refractivity contribution in [2.75, 3.05) is 13.1 Å². The van der Waals surface area contributed by atoms with Crippen molar-refractivity contribution in [1.29, 1.82) is 5.26 Å². The van der Waals surface area contributed by atoms with Crippen molar-refractivity contribution in [3.63, 3.8) is 0 Å². The number of rotatable bonds is 2. The quantitative estimate of drug-likeness (QED) is 0.890. The number of halogens is 2. The largest absolute Gasteiger partial charge is 0.326 e. The van der Waals surface area contributed by atoms with Crippen molar-refractivity contribution in [1.82, 2.24) is 4.31 Å². The van der Waals surface area contributed by atoms with Crippen molar-refractivity contribution in [2.45, 2.75) is 17.4 Å². The van der Waals surface area contributed by atoms with E-state index in [4.69, 9.17) is 22.6 Å². The zero-order valence-corrected chi connectivity index (χ0v) is 12.3. The zero-order valence-electron chi connectivity index (χ0n) is 9.91. The molecule has 0 spiro atoms. The van der Waals surface area contributed by atoms with Crippen LogP contribution in [0.3, 0.4) is 0 Å². The van der Waals surface area contributed by atoms with E-state index in [0.29, 0.717) is 25.1 Å². The normalized spacial score (nSPS) is 19.7. The number of benzene rings is 1. The molecule has 1 fully saturated rings. The first kappa shape index (κ1) is 16.2. The van der Waals surface area contributed by atoms with Crippen LogP contribution in [0.15, 0.2) is 23.1 Å². The van der Waals surface area contributed by atoms with Gasteiger partial charge in [-0.1, -0.05) is 11.6 Å². The van der Waals surface area contributed by atoms with Crippen LogP contribution >= 0.6 is 24.0 Å². The first-order valence-electron chi connectivity index (χ1n) is 5.40. The number of nitrogens with zero attached hydrogens (tertiary/aromatic N) is 2. The summed E-state index contributed by atoms with van der Waals surface area (Å²) < 4.78 is 25.9. The van der Waals surface area contributed by atoms with Crippen LogP contribution in [0.5, 0.6) is 0 Å². The highest BCUT2D eigenvalue weighted by Crippen LogP contribution is 2.27. The number of nitrogens with two attached hydrogens (primary N) is 1. The van der Waals surface area contributed by atoms with Crippen LogP contribution in [0.1, 0.15) is 12.0 Å². The van der Waals surface area contributed by atoms with Crippen LogP contribution in [0.4, 0.5) is 0 Å². The molecule has 1 heterocycles. The molecule has 0 radical (unpaired) electrons. The second kappa shape index (κ2) is 6.07. The Balaban J connectivity index is 0.00000180. The molecule has 0 aromatic heterocycles. The van der Waals surface area contributed by atoms with Gasteiger partial charge in [0.15, 0.2) is 0 Å². The Bertz CT molecular complexity index is 613. The molecule has 104 valence electrons. The van der Waals surface area contributed by atoms with Gasteiger partial charge in [-0.05, 0) is 24.6 Å².